The molecule has 0 aliphatic carbocycles. The molecule has 0 heterocycles. The number of benzene rings is 2. The molecule has 2 aromatic carbocycles. The molecule has 0 radical (unpaired) electrons. The third-order valence-electron chi connectivity index (χ3n) is 3.23. The Morgan fingerprint density at radius 2 is 1.73 bits per heavy atom. The summed E-state index contributed by atoms with van der Waals surface area (Å²) >= 11 is 5.78. The zero-order valence-electron chi connectivity index (χ0n) is 11.9. The number of hydrogen-bond donors (Lipinski definition) is 0. The van der Waals surface area contributed by atoms with E-state index in [1.165, 1.54) is 19.2 Å². The molecule has 0 unspecified atom stereocenters. The van der Waals surface area contributed by atoms with Gasteiger partial charge >= 0.3 is 0 Å². The highest BCUT2D eigenvalue weighted by Crippen LogP contribution is 2.27. The van der Waals surface area contributed by atoms with Gasteiger partial charge in [0.2, 0.25) is 0 Å². The van der Waals surface area contributed by atoms with Crippen LogP contribution in [0.3, 0.4) is 0 Å². The van der Waals surface area contributed by atoms with E-state index in [4.69, 9.17) is 11.6 Å². The van der Waals surface area contributed by atoms with E-state index in [0.717, 1.165) is 10.4 Å². The van der Waals surface area contributed by atoms with Gasteiger partial charge in [-0.05, 0) is 37.3 Å². The summed E-state index contributed by atoms with van der Waals surface area (Å²) in [7, 11) is -2.51. The van der Waals surface area contributed by atoms with Crippen LogP contribution >= 0.6 is 11.6 Å². The number of aryl methyl sites for hydroxylation is 1. The topological polar surface area (TPSA) is 80.5 Å². The van der Waals surface area contributed by atoms with Crippen LogP contribution in [0.4, 0.5) is 11.4 Å². The Morgan fingerprint density at radius 3 is 2.27 bits per heavy atom. The van der Waals surface area contributed by atoms with E-state index in [1.54, 1.807) is 31.2 Å². The van der Waals surface area contributed by atoms with Gasteiger partial charge in [0.25, 0.3) is 15.7 Å². The van der Waals surface area contributed by atoms with Gasteiger partial charge < -0.3 is 0 Å². The van der Waals surface area contributed by atoms with Crippen LogP contribution in [0, 0.1) is 17.0 Å². The van der Waals surface area contributed by atoms with Crippen LogP contribution in [-0.2, 0) is 10.0 Å². The molecule has 0 aliphatic rings. The predicted octanol–water partition coefficient (Wildman–Crippen LogP) is 3.38. The van der Waals surface area contributed by atoms with Gasteiger partial charge in [0.15, 0.2) is 0 Å². The normalized spacial score (nSPS) is 11.2. The molecule has 0 bridgehead atoms. The van der Waals surface area contributed by atoms with Gasteiger partial charge in [-0.15, -0.1) is 0 Å². The second-order valence-corrected chi connectivity index (χ2v) is 7.06. The van der Waals surface area contributed by atoms with Crippen molar-refractivity contribution < 1.29 is 13.3 Å². The number of nitrogens with zero attached hydrogens (tertiary/aromatic N) is 2. The quantitative estimate of drug-likeness (QED) is 0.631. The lowest BCUT2D eigenvalue weighted by atomic mass is 10.2. The van der Waals surface area contributed by atoms with Crippen LogP contribution in [0.1, 0.15) is 5.56 Å². The third-order valence-corrected chi connectivity index (χ3v) is 5.26. The first kappa shape index (κ1) is 16.3. The van der Waals surface area contributed by atoms with E-state index in [0.29, 0.717) is 16.3 Å². The van der Waals surface area contributed by atoms with E-state index < -0.39 is 14.9 Å². The monoisotopic (exact) mass is 340 g/mol. The molecule has 0 saturated heterocycles. The molecular weight excluding hydrogens is 328 g/mol. The maximum atomic E-state index is 12.6. The van der Waals surface area contributed by atoms with Gasteiger partial charge in [0.1, 0.15) is 0 Å². The first-order chi connectivity index (χ1) is 10.2. The van der Waals surface area contributed by atoms with Crippen molar-refractivity contribution in [2.45, 2.75) is 11.8 Å². The lowest BCUT2D eigenvalue weighted by Crippen LogP contribution is -2.26. The van der Waals surface area contributed by atoms with E-state index in [9.17, 15) is 18.5 Å². The Kier molecular flexibility index (Phi) is 4.39. The van der Waals surface area contributed by atoms with Crippen LogP contribution in [0.5, 0.6) is 0 Å². The number of nitro groups is 1. The molecule has 0 aliphatic heterocycles. The third kappa shape index (κ3) is 3.05. The molecule has 0 saturated carbocycles. The van der Waals surface area contributed by atoms with Crippen molar-refractivity contribution in [2.75, 3.05) is 11.4 Å². The number of rotatable bonds is 4. The van der Waals surface area contributed by atoms with Gasteiger partial charge in [0, 0.05) is 23.7 Å². The number of nitro benzene ring substituents is 1. The van der Waals surface area contributed by atoms with Crippen molar-refractivity contribution in [1.29, 1.82) is 0 Å². The average molecular weight is 341 g/mol. The summed E-state index contributed by atoms with van der Waals surface area (Å²) in [6.45, 7) is 1.55. The molecule has 116 valence electrons. The molecular formula is C14H13ClN2O4S. The van der Waals surface area contributed by atoms with Crippen molar-refractivity contribution in [3.63, 3.8) is 0 Å². The number of hydrogen-bond acceptors (Lipinski definition) is 4. The van der Waals surface area contributed by atoms with Gasteiger partial charge in [-0.1, -0.05) is 17.7 Å². The fraction of sp³-hybridized carbons (Fsp3) is 0.143. The minimum atomic E-state index is -3.89. The van der Waals surface area contributed by atoms with Crippen molar-refractivity contribution in [1.82, 2.24) is 0 Å². The molecule has 0 aromatic heterocycles. The fourth-order valence-corrected chi connectivity index (χ4v) is 3.24. The van der Waals surface area contributed by atoms with Crippen molar-refractivity contribution in [3.8, 4) is 0 Å². The molecule has 8 heteroatoms. The molecule has 0 fully saturated rings. The second kappa shape index (κ2) is 5.94. The van der Waals surface area contributed by atoms with Gasteiger partial charge in [-0.2, -0.15) is 0 Å². The minimum absolute atomic E-state index is 0.137. The number of anilines is 1. The molecule has 0 spiro atoms. The maximum Gasteiger partial charge on any atom is 0.273 e. The molecule has 6 nitrogen and oxygen atoms in total. The standard InChI is InChI=1S/C14H13ClN2O4S/c1-10-3-8-13(9-14(10)17(18)19)22(20,21)16(2)12-6-4-11(15)5-7-12/h3-9H,1-2H3. The largest absolute Gasteiger partial charge is 0.273 e. The van der Waals surface area contributed by atoms with Crippen LogP contribution in [0.2, 0.25) is 5.02 Å². The van der Waals surface area contributed by atoms with Crippen LogP contribution in [0.25, 0.3) is 0 Å². The Balaban J connectivity index is 2.48. The summed E-state index contributed by atoms with van der Waals surface area (Å²) in [6.07, 6.45) is 0. The first-order valence-corrected chi connectivity index (χ1v) is 8.05. The van der Waals surface area contributed by atoms with Crippen molar-refractivity contribution >= 4 is 33.0 Å². The summed E-state index contributed by atoms with van der Waals surface area (Å²) in [5.74, 6) is 0. The highest BCUT2D eigenvalue weighted by molar-refractivity contribution is 7.92. The Hall–Kier alpha value is -2.12. The summed E-state index contributed by atoms with van der Waals surface area (Å²) in [5.41, 5.74) is 0.580. The second-order valence-electron chi connectivity index (χ2n) is 4.65. The highest BCUT2D eigenvalue weighted by Gasteiger charge is 2.24. The minimum Gasteiger partial charge on any atom is -0.269 e. The Bertz CT molecular complexity index is 819. The van der Waals surface area contributed by atoms with Crippen LogP contribution in [0.15, 0.2) is 47.4 Å². The lowest BCUT2D eigenvalue weighted by molar-refractivity contribution is -0.385. The van der Waals surface area contributed by atoms with E-state index in [2.05, 4.69) is 0 Å². The fourth-order valence-electron chi connectivity index (χ4n) is 1.89. The highest BCUT2D eigenvalue weighted by atomic mass is 35.5. The maximum absolute atomic E-state index is 12.6. The van der Waals surface area contributed by atoms with Crippen molar-refractivity contribution in [2.24, 2.45) is 0 Å². The number of halogens is 1. The SMILES string of the molecule is Cc1ccc(S(=O)(=O)N(C)c2ccc(Cl)cc2)cc1[N+](=O)[O-]. The van der Waals surface area contributed by atoms with Gasteiger partial charge in [0.05, 0.1) is 15.5 Å². The molecule has 2 rings (SSSR count). The summed E-state index contributed by atoms with van der Waals surface area (Å²) in [6, 6.07) is 10.1. The molecule has 0 amide bonds. The predicted molar refractivity (Wildman–Crippen MR) is 84.9 cm³/mol. The van der Waals surface area contributed by atoms with Gasteiger partial charge in [-0.25, -0.2) is 8.42 Å². The average Bonchev–Trinajstić information content (AvgIpc) is 2.47. The zero-order valence-corrected chi connectivity index (χ0v) is 13.4. The molecule has 0 N–H and O–H groups in total. The van der Waals surface area contributed by atoms with Crippen LogP contribution < -0.4 is 4.31 Å². The summed E-state index contributed by atoms with van der Waals surface area (Å²) < 4.78 is 26.2. The van der Waals surface area contributed by atoms with E-state index >= 15 is 0 Å². The molecule has 2 aromatic rings. The lowest BCUT2D eigenvalue weighted by Gasteiger charge is -2.19. The van der Waals surface area contributed by atoms with E-state index in [-0.39, 0.29) is 10.6 Å². The molecule has 0 atom stereocenters. The van der Waals surface area contributed by atoms with Crippen molar-refractivity contribution in [3.05, 3.63) is 63.2 Å². The smallest absolute Gasteiger partial charge is 0.269 e. The van der Waals surface area contributed by atoms with E-state index in [1.807, 2.05) is 0 Å². The number of sulfonamides is 1. The summed E-state index contributed by atoms with van der Waals surface area (Å²) in [4.78, 5) is 10.2. The summed E-state index contributed by atoms with van der Waals surface area (Å²) in [5, 5.41) is 11.4. The zero-order chi connectivity index (χ0) is 16.5. The Morgan fingerprint density at radius 1 is 1.14 bits per heavy atom. The van der Waals surface area contributed by atoms with Gasteiger partial charge in [-0.3, -0.25) is 14.4 Å². The molecule has 22 heavy (non-hydrogen) atoms. The Labute approximate surface area is 133 Å². The first-order valence-electron chi connectivity index (χ1n) is 6.23. The van der Waals surface area contributed by atoms with Crippen LogP contribution in [-0.4, -0.2) is 20.4 Å².